The first-order chi connectivity index (χ1) is 13.9. The van der Waals surface area contributed by atoms with Crippen molar-refractivity contribution in [3.63, 3.8) is 0 Å². The molecule has 2 aromatic carbocycles. The average Bonchev–Trinajstić information content (AvgIpc) is 2.65. The minimum absolute atomic E-state index is 0.0582. The maximum Gasteiger partial charge on any atom is 0.253 e. The zero-order valence-corrected chi connectivity index (χ0v) is 17.4. The lowest BCUT2D eigenvalue weighted by Gasteiger charge is -2.47. The molecule has 0 aromatic heterocycles. The number of carbonyl (C=O) groups excluding carboxylic acids is 1. The van der Waals surface area contributed by atoms with E-state index in [1.165, 1.54) is 12.1 Å². The van der Waals surface area contributed by atoms with E-state index < -0.39 is 11.6 Å². The van der Waals surface area contributed by atoms with E-state index in [-0.39, 0.29) is 5.91 Å². The Morgan fingerprint density at radius 3 is 2.34 bits per heavy atom. The summed E-state index contributed by atoms with van der Waals surface area (Å²) in [6.45, 7) is 2.73. The molecule has 0 saturated carbocycles. The molecule has 3 nitrogen and oxygen atoms in total. The number of carbonyl (C=O) groups is 1. The van der Waals surface area contributed by atoms with Gasteiger partial charge in [0.15, 0.2) is 0 Å². The van der Waals surface area contributed by atoms with Crippen LogP contribution in [0, 0.1) is 17.6 Å². The lowest BCUT2D eigenvalue weighted by atomic mass is 9.83. The Morgan fingerprint density at radius 1 is 0.966 bits per heavy atom. The number of rotatable bonds is 3. The van der Waals surface area contributed by atoms with E-state index >= 15 is 0 Å². The van der Waals surface area contributed by atoms with E-state index in [0.717, 1.165) is 31.9 Å². The largest absolute Gasteiger partial charge is 0.338 e. The second kappa shape index (κ2) is 8.58. The van der Waals surface area contributed by atoms with Crippen molar-refractivity contribution in [3.05, 3.63) is 69.2 Å². The lowest BCUT2D eigenvalue weighted by Crippen LogP contribution is -2.54. The van der Waals surface area contributed by atoms with E-state index in [4.69, 9.17) is 23.2 Å². The molecule has 0 N–H and O–H groups in total. The minimum Gasteiger partial charge on any atom is -0.338 e. The molecule has 2 aliphatic rings. The quantitative estimate of drug-likeness (QED) is 0.640. The molecule has 0 spiro atoms. The minimum atomic E-state index is -0.547. The predicted octanol–water partition coefficient (Wildman–Crippen LogP) is 5.40. The number of nitrogens with zero attached hydrogens (tertiary/aromatic N) is 2. The molecule has 29 heavy (non-hydrogen) atoms. The van der Waals surface area contributed by atoms with Gasteiger partial charge in [0.1, 0.15) is 11.6 Å². The van der Waals surface area contributed by atoms with E-state index in [2.05, 4.69) is 4.90 Å². The van der Waals surface area contributed by atoms with Gasteiger partial charge >= 0.3 is 0 Å². The third-order valence-corrected chi connectivity index (χ3v) is 6.32. The van der Waals surface area contributed by atoms with Gasteiger partial charge in [-0.15, -0.1) is 0 Å². The number of benzene rings is 2. The van der Waals surface area contributed by atoms with Gasteiger partial charge in [-0.3, -0.25) is 9.69 Å². The van der Waals surface area contributed by atoms with Crippen LogP contribution in [0.5, 0.6) is 0 Å². The molecule has 2 aliphatic heterocycles. The van der Waals surface area contributed by atoms with Crippen molar-refractivity contribution >= 4 is 29.1 Å². The van der Waals surface area contributed by atoms with Crippen LogP contribution in [0.15, 0.2) is 36.4 Å². The van der Waals surface area contributed by atoms with Gasteiger partial charge in [0.25, 0.3) is 5.91 Å². The fraction of sp³-hybridized carbons (Fsp3) is 0.409. The van der Waals surface area contributed by atoms with Crippen LogP contribution in [0.2, 0.25) is 10.0 Å². The maximum absolute atomic E-state index is 13.6. The lowest BCUT2D eigenvalue weighted by molar-refractivity contribution is 0.0174. The number of halogens is 4. The second-order valence-corrected chi connectivity index (χ2v) is 8.79. The molecule has 1 amide bonds. The number of piperidine rings is 2. The molecule has 154 valence electrons. The van der Waals surface area contributed by atoms with E-state index in [1.54, 1.807) is 18.2 Å². The summed E-state index contributed by atoms with van der Waals surface area (Å²) in [7, 11) is 0. The highest BCUT2D eigenvalue weighted by atomic mass is 35.5. The Bertz CT molecular complexity index is 883. The summed E-state index contributed by atoms with van der Waals surface area (Å²) in [5, 5.41) is 0.892. The maximum atomic E-state index is 13.6. The molecular formula is C22H22Cl2F2N2O. The predicted molar refractivity (Wildman–Crippen MR) is 110 cm³/mol. The van der Waals surface area contributed by atoms with Gasteiger partial charge in [-0.25, -0.2) is 8.78 Å². The molecule has 0 bridgehead atoms. The topological polar surface area (TPSA) is 23.6 Å². The first-order valence-corrected chi connectivity index (χ1v) is 10.6. The zero-order chi connectivity index (χ0) is 20.5. The molecule has 7 heteroatoms. The molecule has 2 heterocycles. The van der Waals surface area contributed by atoms with Crippen LogP contribution >= 0.6 is 23.2 Å². The van der Waals surface area contributed by atoms with E-state index in [1.807, 2.05) is 4.90 Å². The first-order valence-electron chi connectivity index (χ1n) is 9.83. The summed E-state index contributed by atoms with van der Waals surface area (Å²) in [5.74, 6) is -0.810. The molecule has 2 atom stereocenters. The number of likely N-dealkylation sites (tertiary alicyclic amines) is 2. The van der Waals surface area contributed by atoms with E-state index in [9.17, 15) is 13.6 Å². The Morgan fingerprint density at radius 2 is 1.66 bits per heavy atom. The van der Waals surface area contributed by atoms with Gasteiger partial charge in [-0.05, 0) is 67.6 Å². The second-order valence-electron chi connectivity index (χ2n) is 7.92. The highest BCUT2D eigenvalue weighted by Crippen LogP contribution is 2.33. The summed E-state index contributed by atoms with van der Waals surface area (Å²) in [4.78, 5) is 17.1. The number of amides is 1. The standard InChI is InChI=1S/C22H22Cl2F2N2O/c23-17-8-16(9-18(24)10-17)22(29)28-5-3-21-15(13-28)2-1-4-27(21)12-14-6-19(25)11-20(26)7-14/h6-11,15,21H,1-5,12-13H2/t15-,21+/m1/s1. The Hall–Kier alpha value is -1.69. The van der Waals surface area contributed by atoms with Crippen molar-refractivity contribution in [1.29, 1.82) is 0 Å². The SMILES string of the molecule is O=C(c1cc(Cl)cc(Cl)c1)N1CC[C@H]2[C@H](CCCN2Cc2cc(F)cc(F)c2)C1. The van der Waals surface area contributed by atoms with Crippen LogP contribution < -0.4 is 0 Å². The monoisotopic (exact) mass is 438 g/mol. The highest BCUT2D eigenvalue weighted by molar-refractivity contribution is 6.35. The normalized spacial score (nSPS) is 22.4. The Labute approximate surface area is 179 Å². The van der Waals surface area contributed by atoms with Crippen molar-refractivity contribution in [3.8, 4) is 0 Å². The summed E-state index contributed by atoms with van der Waals surface area (Å²) in [6, 6.07) is 8.90. The third-order valence-electron chi connectivity index (χ3n) is 5.89. The van der Waals surface area contributed by atoms with Crippen LogP contribution in [0.3, 0.4) is 0 Å². The fourth-order valence-electron chi connectivity index (χ4n) is 4.68. The number of hydrogen-bond acceptors (Lipinski definition) is 2. The van der Waals surface area contributed by atoms with Crippen LogP contribution in [0.1, 0.15) is 35.2 Å². The van der Waals surface area contributed by atoms with Crippen LogP contribution in [-0.2, 0) is 6.54 Å². The molecule has 0 radical (unpaired) electrons. The smallest absolute Gasteiger partial charge is 0.253 e. The zero-order valence-electron chi connectivity index (χ0n) is 15.9. The summed E-state index contributed by atoms with van der Waals surface area (Å²) < 4.78 is 27.1. The van der Waals surface area contributed by atoms with Crippen LogP contribution in [0.4, 0.5) is 8.78 Å². The fourth-order valence-corrected chi connectivity index (χ4v) is 5.21. The number of hydrogen-bond donors (Lipinski definition) is 0. The van der Waals surface area contributed by atoms with Gasteiger partial charge in [-0.1, -0.05) is 23.2 Å². The van der Waals surface area contributed by atoms with Crippen LogP contribution in [0.25, 0.3) is 0 Å². The first kappa shape index (κ1) is 20.6. The molecule has 2 saturated heterocycles. The third kappa shape index (κ3) is 4.73. The van der Waals surface area contributed by atoms with Gasteiger partial charge in [0.05, 0.1) is 0 Å². The van der Waals surface area contributed by atoms with Crippen molar-refractivity contribution < 1.29 is 13.6 Å². The average molecular weight is 439 g/mol. The molecule has 0 unspecified atom stereocenters. The molecule has 2 fully saturated rings. The van der Waals surface area contributed by atoms with Crippen molar-refractivity contribution in [2.75, 3.05) is 19.6 Å². The summed E-state index contributed by atoms with van der Waals surface area (Å²) in [6.07, 6.45) is 2.88. The van der Waals surface area contributed by atoms with Gasteiger partial charge in [0, 0.05) is 47.4 Å². The molecule has 2 aromatic rings. The summed E-state index contributed by atoms with van der Waals surface area (Å²) >= 11 is 12.1. The highest BCUT2D eigenvalue weighted by Gasteiger charge is 2.37. The van der Waals surface area contributed by atoms with Gasteiger partial charge in [0.2, 0.25) is 0 Å². The summed E-state index contributed by atoms with van der Waals surface area (Å²) in [5.41, 5.74) is 1.15. The van der Waals surface area contributed by atoms with Crippen molar-refractivity contribution in [2.24, 2.45) is 5.92 Å². The van der Waals surface area contributed by atoms with Crippen molar-refractivity contribution in [1.82, 2.24) is 9.80 Å². The van der Waals surface area contributed by atoms with Gasteiger partial charge in [-0.2, -0.15) is 0 Å². The molecular weight excluding hydrogens is 417 g/mol. The molecule has 4 rings (SSSR count). The van der Waals surface area contributed by atoms with Crippen LogP contribution in [-0.4, -0.2) is 41.4 Å². The Balaban J connectivity index is 1.45. The Kier molecular flexibility index (Phi) is 6.09. The van der Waals surface area contributed by atoms with Crippen molar-refractivity contribution in [2.45, 2.75) is 31.8 Å². The van der Waals surface area contributed by atoms with E-state index in [0.29, 0.717) is 52.8 Å². The van der Waals surface area contributed by atoms with Gasteiger partial charge < -0.3 is 4.90 Å². The molecule has 0 aliphatic carbocycles. The number of fused-ring (bicyclic) bond motifs is 1.